The second-order valence-corrected chi connectivity index (χ2v) is 13.9. The lowest BCUT2D eigenvalue weighted by atomic mass is 9.67. The van der Waals surface area contributed by atoms with Crippen molar-refractivity contribution in [2.24, 2.45) is 11.7 Å². The number of nitrogens with one attached hydrogen (secondary N) is 3. The van der Waals surface area contributed by atoms with Crippen molar-refractivity contribution < 1.29 is 9.59 Å². The number of hydrogen-bond donors (Lipinski definition) is 4. The molecule has 11 heteroatoms. The van der Waals surface area contributed by atoms with E-state index >= 15 is 0 Å². The summed E-state index contributed by atoms with van der Waals surface area (Å²) in [5.41, 5.74) is 10.4. The highest BCUT2D eigenvalue weighted by molar-refractivity contribution is 5.95. The number of nitrogens with two attached hydrogens (primary N) is 1. The molecule has 5 atom stereocenters. The number of likely N-dealkylation sites (tertiary alicyclic amines) is 1. The van der Waals surface area contributed by atoms with Crippen molar-refractivity contribution in [2.75, 3.05) is 6.54 Å². The molecule has 45 heavy (non-hydrogen) atoms. The molecule has 2 amide bonds. The highest BCUT2D eigenvalue weighted by Gasteiger charge is 2.52. The molecule has 0 bridgehead atoms. The molecule has 3 aromatic rings. The highest BCUT2D eigenvalue weighted by Crippen LogP contribution is 2.49. The summed E-state index contributed by atoms with van der Waals surface area (Å²) >= 11 is 0. The Bertz CT molecular complexity index is 1690. The van der Waals surface area contributed by atoms with Gasteiger partial charge in [-0.05, 0) is 123 Å². The van der Waals surface area contributed by atoms with Crippen LogP contribution in [0.25, 0.3) is 0 Å². The quantitative estimate of drug-likeness (QED) is 0.288. The summed E-state index contributed by atoms with van der Waals surface area (Å²) in [7, 11) is 0. The van der Waals surface area contributed by atoms with Crippen LogP contribution in [0.5, 0.6) is 0 Å². The molecule has 234 valence electrons. The van der Waals surface area contributed by atoms with Gasteiger partial charge in [0.1, 0.15) is 6.04 Å². The molecule has 0 radical (unpaired) electrons. The third-order valence-corrected chi connectivity index (χ3v) is 9.46. The third kappa shape index (κ3) is 5.71. The van der Waals surface area contributed by atoms with E-state index in [2.05, 4.69) is 55.7 Å². The Morgan fingerprint density at radius 1 is 1.16 bits per heavy atom. The number of primary amides is 1. The molecule has 2 unspecified atom stereocenters. The van der Waals surface area contributed by atoms with Gasteiger partial charge >= 0.3 is 0 Å². The fraction of sp³-hybridized carbons (Fsp3) is 0.471. The Kier molecular flexibility index (Phi) is 7.73. The minimum Gasteiger partial charge on any atom is -0.366 e. The van der Waals surface area contributed by atoms with Crippen LogP contribution in [0.15, 0.2) is 48.7 Å². The van der Waals surface area contributed by atoms with E-state index in [4.69, 9.17) is 5.73 Å². The Balaban J connectivity index is 1.40. The van der Waals surface area contributed by atoms with E-state index in [0.29, 0.717) is 54.7 Å². The number of nitrogens with zero attached hydrogens (tertiary/aromatic N) is 5. The van der Waals surface area contributed by atoms with Crippen molar-refractivity contribution in [3.63, 3.8) is 0 Å². The van der Waals surface area contributed by atoms with Gasteiger partial charge in [0.2, 0.25) is 5.91 Å². The first-order chi connectivity index (χ1) is 21.4. The topological polar surface area (TPSA) is 166 Å². The second-order valence-electron chi connectivity index (χ2n) is 13.9. The second kappa shape index (κ2) is 11.4. The Morgan fingerprint density at radius 3 is 2.42 bits per heavy atom. The third-order valence-electron chi connectivity index (χ3n) is 9.46. The zero-order valence-electron chi connectivity index (χ0n) is 26.4. The summed E-state index contributed by atoms with van der Waals surface area (Å²) in [6.07, 6.45) is 3.90. The largest absolute Gasteiger partial charge is 0.366 e. The lowest BCUT2D eigenvalue weighted by molar-refractivity contribution is 0.0918. The molecule has 2 fully saturated rings. The minimum absolute atomic E-state index is 0.0523. The maximum absolute atomic E-state index is 13.2. The van der Waals surface area contributed by atoms with Gasteiger partial charge in [-0.2, -0.15) is 5.26 Å². The number of aryl methyl sites for hydroxylation is 2. The molecule has 2 aliphatic carbocycles. The van der Waals surface area contributed by atoms with Crippen molar-refractivity contribution in [3.05, 3.63) is 87.9 Å². The van der Waals surface area contributed by atoms with Crippen LogP contribution in [0.1, 0.15) is 95.8 Å². The zero-order chi connectivity index (χ0) is 32.1. The summed E-state index contributed by atoms with van der Waals surface area (Å²) in [5.74, 6) is 0.546. The molecule has 2 aromatic carbocycles. The molecule has 2 heterocycles. The van der Waals surface area contributed by atoms with Crippen LogP contribution in [0, 0.1) is 17.2 Å². The lowest BCUT2D eigenvalue weighted by Crippen LogP contribution is -2.43. The SMILES string of the molecule is C=C(CN[C@H](C)CC1(c2nnn[nH]2)c2ccc(C(N)=O)cc2CCc2cc(C(=O)NC(C)(C)C)ccc21)N1C(C#N)C[C@@H]2C[C@@H]21. The number of piperidine rings is 1. The average Bonchev–Trinajstić information content (AvgIpc) is 3.38. The number of benzene rings is 2. The van der Waals surface area contributed by atoms with Gasteiger partial charge in [-0.15, -0.1) is 5.10 Å². The van der Waals surface area contributed by atoms with E-state index in [1.54, 1.807) is 6.07 Å². The van der Waals surface area contributed by atoms with Gasteiger partial charge < -0.3 is 21.3 Å². The summed E-state index contributed by atoms with van der Waals surface area (Å²) in [6.45, 7) is 12.9. The normalized spacial score (nSPS) is 24.0. The molecule has 1 aliphatic heterocycles. The van der Waals surface area contributed by atoms with Crippen LogP contribution < -0.4 is 16.4 Å². The number of fused-ring (bicyclic) bond motifs is 3. The van der Waals surface area contributed by atoms with E-state index in [0.717, 1.165) is 40.8 Å². The molecule has 5 N–H and O–H groups in total. The van der Waals surface area contributed by atoms with Crippen LogP contribution in [0.4, 0.5) is 0 Å². The van der Waals surface area contributed by atoms with Crippen molar-refractivity contribution >= 4 is 11.8 Å². The number of tetrazole rings is 1. The first-order valence-electron chi connectivity index (χ1n) is 15.6. The monoisotopic (exact) mass is 607 g/mol. The average molecular weight is 608 g/mol. The summed E-state index contributed by atoms with van der Waals surface area (Å²) in [4.78, 5) is 27.6. The fourth-order valence-electron chi connectivity index (χ4n) is 7.41. The van der Waals surface area contributed by atoms with E-state index in [-0.39, 0.29) is 23.5 Å². The molecular formula is C34H41N9O2. The number of amides is 2. The van der Waals surface area contributed by atoms with Crippen LogP contribution in [-0.2, 0) is 18.3 Å². The number of rotatable bonds is 9. The smallest absolute Gasteiger partial charge is 0.251 e. The van der Waals surface area contributed by atoms with Gasteiger partial charge in [0.25, 0.3) is 5.91 Å². The highest BCUT2D eigenvalue weighted by atomic mass is 16.2. The zero-order valence-corrected chi connectivity index (χ0v) is 26.4. The summed E-state index contributed by atoms with van der Waals surface area (Å²) < 4.78 is 0. The standard InChI is InChI=1S/C34H41N9O2/c1-19(37-18-20(2)43-26(17-35)14-25-15-29(25)43)16-34(32-39-41-42-40-32)27-10-8-23(30(36)44)12-21(27)6-7-22-13-24(9-11-28(22)34)31(45)38-33(3,4)5/h8-13,19,25-26,29,37H,2,6-7,14-16,18H2,1,3-5H3,(H2,36,44)(H,38,45)(H,39,40,41,42)/t19-,25-,26?,29+,34?/m1/s1. The van der Waals surface area contributed by atoms with Gasteiger partial charge in [0.05, 0.1) is 11.5 Å². The molecule has 6 rings (SSSR count). The molecule has 1 saturated carbocycles. The Hall–Kier alpha value is -4.56. The number of aromatic amines is 1. The number of carbonyl (C=O) groups is 2. The van der Waals surface area contributed by atoms with Crippen LogP contribution >= 0.6 is 0 Å². The van der Waals surface area contributed by atoms with E-state index in [1.807, 2.05) is 51.1 Å². The Morgan fingerprint density at radius 2 is 1.82 bits per heavy atom. The van der Waals surface area contributed by atoms with Gasteiger partial charge in [-0.3, -0.25) is 9.59 Å². The number of carbonyl (C=O) groups excluding carboxylic acids is 2. The molecule has 0 spiro atoms. The van der Waals surface area contributed by atoms with E-state index in [9.17, 15) is 14.9 Å². The first-order valence-corrected chi connectivity index (χ1v) is 15.6. The first kappa shape index (κ1) is 30.5. The van der Waals surface area contributed by atoms with Crippen molar-refractivity contribution in [3.8, 4) is 6.07 Å². The molecule has 1 aromatic heterocycles. The minimum atomic E-state index is -0.835. The number of hydrogen-bond acceptors (Lipinski definition) is 8. The van der Waals surface area contributed by atoms with E-state index in [1.165, 1.54) is 0 Å². The maximum atomic E-state index is 13.2. The lowest BCUT2D eigenvalue weighted by Gasteiger charge is -2.37. The summed E-state index contributed by atoms with van der Waals surface area (Å²) in [5, 5.41) is 32.0. The molecule has 11 nitrogen and oxygen atoms in total. The van der Waals surface area contributed by atoms with Gasteiger partial charge in [-0.25, -0.2) is 5.10 Å². The predicted octanol–water partition coefficient (Wildman–Crippen LogP) is 3.13. The van der Waals surface area contributed by atoms with Crippen molar-refractivity contribution in [2.45, 2.75) is 88.9 Å². The fourth-order valence-corrected chi connectivity index (χ4v) is 7.41. The van der Waals surface area contributed by atoms with Crippen LogP contribution in [-0.4, -0.2) is 67.5 Å². The number of H-pyrrole nitrogens is 1. The predicted molar refractivity (Wildman–Crippen MR) is 169 cm³/mol. The maximum Gasteiger partial charge on any atom is 0.251 e. The molecule has 1 saturated heterocycles. The van der Waals surface area contributed by atoms with Gasteiger partial charge in [-0.1, -0.05) is 18.7 Å². The van der Waals surface area contributed by atoms with Crippen molar-refractivity contribution in [1.29, 1.82) is 5.26 Å². The van der Waals surface area contributed by atoms with Crippen LogP contribution in [0.3, 0.4) is 0 Å². The molecule has 3 aliphatic rings. The number of nitriles is 1. The van der Waals surface area contributed by atoms with Gasteiger partial charge in [0, 0.05) is 41.0 Å². The summed E-state index contributed by atoms with van der Waals surface area (Å²) in [6, 6.07) is 14.2. The van der Waals surface area contributed by atoms with E-state index < -0.39 is 11.3 Å². The van der Waals surface area contributed by atoms with Gasteiger partial charge in [0.15, 0.2) is 5.82 Å². The Labute approximate surface area is 263 Å². The van der Waals surface area contributed by atoms with Crippen LogP contribution in [0.2, 0.25) is 0 Å². The number of aromatic nitrogens is 4. The molecular weight excluding hydrogens is 566 g/mol. The van der Waals surface area contributed by atoms with Crippen molar-refractivity contribution in [1.82, 2.24) is 36.2 Å².